The zero-order valence-electron chi connectivity index (χ0n) is 11.5. The van der Waals surface area contributed by atoms with Crippen molar-refractivity contribution in [2.45, 2.75) is 32.7 Å². The zero-order chi connectivity index (χ0) is 14.2. The van der Waals surface area contributed by atoms with Crippen molar-refractivity contribution in [2.75, 3.05) is 0 Å². The fourth-order valence-electron chi connectivity index (χ4n) is 2.01. The molecule has 0 radical (unpaired) electrons. The van der Waals surface area contributed by atoms with E-state index in [0.717, 1.165) is 5.69 Å². The lowest BCUT2D eigenvalue weighted by molar-refractivity contribution is 0.0687. The molecule has 2 aromatic heterocycles. The summed E-state index contributed by atoms with van der Waals surface area (Å²) in [6, 6.07) is 1.87. The molecule has 0 unspecified atom stereocenters. The van der Waals surface area contributed by atoms with Crippen LogP contribution in [-0.4, -0.2) is 35.9 Å². The molecule has 0 saturated carbocycles. The molecule has 0 amide bonds. The van der Waals surface area contributed by atoms with Crippen LogP contribution in [0.15, 0.2) is 12.3 Å². The Kier molecular flexibility index (Phi) is 3.13. The van der Waals surface area contributed by atoms with E-state index < -0.39 is 5.97 Å². The zero-order valence-corrected chi connectivity index (χ0v) is 11.5. The molecule has 0 aliphatic carbocycles. The van der Waals surface area contributed by atoms with Gasteiger partial charge >= 0.3 is 5.97 Å². The van der Waals surface area contributed by atoms with Gasteiger partial charge in [0.15, 0.2) is 5.69 Å². The van der Waals surface area contributed by atoms with Crippen molar-refractivity contribution in [1.82, 2.24) is 24.8 Å². The fraction of sp³-hybridized carbons (Fsp3) is 0.500. The number of hydrogen-bond acceptors (Lipinski definition) is 4. The number of aromatic nitrogens is 5. The van der Waals surface area contributed by atoms with Crippen molar-refractivity contribution in [1.29, 1.82) is 0 Å². The number of carboxylic acids is 1. The van der Waals surface area contributed by atoms with Crippen molar-refractivity contribution in [3.8, 4) is 0 Å². The van der Waals surface area contributed by atoms with E-state index in [1.807, 2.05) is 40.1 Å². The van der Waals surface area contributed by atoms with Gasteiger partial charge in [0, 0.05) is 18.7 Å². The standard InChI is InChI=1S/C12H17N5O2/c1-12(2,3)10-9(11(18)19)13-15-17(10)7-8-5-6-16(4)14-8/h5-6H,7H2,1-4H3,(H,18,19). The third-order valence-electron chi connectivity index (χ3n) is 2.73. The molecule has 0 bridgehead atoms. The van der Waals surface area contributed by atoms with Crippen LogP contribution in [0.3, 0.4) is 0 Å². The average Bonchev–Trinajstić information content (AvgIpc) is 2.84. The van der Waals surface area contributed by atoms with Crippen molar-refractivity contribution >= 4 is 5.97 Å². The van der Waals surface area contributed by atoms with Crippen LogP contribution < -0.4 is 0 Å². The van der Waals surface area contributed by atoms with Gasteiger partial charge in [-0.25, -0.2) is 9.48 Å². The maximum atomic E-state index is 11.2. The van der Waals surface area contributed by atoms with Crippen molar-refractivity contribution in [3.05, 3.63) is 29.3 Å². The molecule has 0 spiro atoms. The minimum absolute atomic E-state index is 0.00318. The lowest BCUT2D eigenvalue weighted by atomic mass is 9.90. The molecule has 0 aliphatic rings. The highest BCUT2D eigenvalue weighted by Gasteiger charge is 2.29. The Labute approximate surface area is 110 Å². The Morgan fingerprint density at radius 2 is 2.11 bits per heavy atom. The Balaban J connectivity index is 2.43. The normalized spacial score (nSPS) is 11.8. The summed E-state index contributed by atoms with van der Waals surface area (Å²) in [6.45, 7) is 6.22. The topological polar surface area (TPSA) is 85.8 Å². The molecule has 0 aromatic carbocycles. The van der Waals surface area contributed by atoms with Crippen LogP contribution in [0.2, 0.25) is 0 Å². The van der Waals surface area contributed by atoms with E-state index in [1.54, 1.807) is 9.36 Å². The van der Waals surface area contributed by atoms with E-state index in [1.165, 1.54) is 0 Å². The van der Waals surface area contributed by atoms with Crippen LogP contribution in [0.5, 0.6) is 0 Å². The highest BCUT2D eigenvalue weighted by molar-refractivity contribution is 5.86. The van der Waals surface area contributed by atoms with Crippen molar-refractivity contribution in [2.24, 2.45) is 7.05 Å². The second-order valence-corrected chi connectivity index (χ2v) is 5.48. The van der Waals surface area contributed by atoms with E-state index in [9.17, 15) is 9.90 Å². The summed E-state index contributed by atoms with van der Waals surface area (Å²) in [6.07, 6.45) is 1.83. The highest BCUT2D eigenvalue weighted by atomic mass is 16.4. The molecule has 19 heavy (non-hydrogen) atoms. The molecule has 0 atom stereocenters. The first-order valence-electron chi connectivity index (χ1n) is 5.95. The van der Waals surface area contributed by atoms with Crippen molar-refractivity contribution in [3.63, 3.8) is 0 Å². The van der Waals surface area contributed by atoms with Gasteiger partial charge in [0.1, 0.15) is 0 Å². The van der Waals surface area contributed by atoms with Crippen LogP contribution in [0.25, 0.3) is 0 Å². The lowest BCUT2D eigenvalue weighted by Crippen LogP contribution is -2.22. The first-order chi connectivity index (χ1) is 8.79. The lowest BCUT2D eigenvalue weighted by Gasteiger charge is -2.19. The van der Waals surface area contributed by atoms with Crippen LogP contribution in [0.1, 0.15) is 42.6 Å². The number of nitrogens with zero attached hydrogens (tertiary/aromatic N) is 5. The van der Waals surface area contributed by atoms with E-state index >= 15 is 0 Å². The molecule has 0 aliphatic heterocycles. The summed E-state index contributed by atoms with van der Waals surface area (Å²) in [5.41, 5.74) is 1.07. The monoisotopic (exact) mass is 263 g/mol. The van der Waals surface area contributed by atoms with Gasteiger partial charge in [-0.15, -0.1) is 5.10 Å². The van der Waals surface area contributed by atoms with Crippen LogP contribution in [0, 0.1) is 0 Å². The molecule has 2 heterocycles. The molecular weight excluding hydrogens is 246 g/mol. The van der Waals surface area contributed by atoms with E-state index in [4.69, 9.17) is 0 Å². The van der Waals surface area contributed by atoms with Crippen LogP contribution in [0.4, 0.5) is 0 Å². The predicted molar refractivity (Wildman–Crippen MR) is 68.0 cm³/mol. The molecular formula is C12H17N5O2. The molecule has 7 heteroatoms. The second-order valence-electron chi connectivity index (χ2n) is 5.48. The average molecular weight is 263 g/mol. The Bertz CT molecular complexity index is 606. The largest absolute Gasteiger partial charge is 0.476 e. The number of hydrogen-bond donors (Lipinski definition) is 1. The summed E-state index contributed by atoms with van der Waals surface area (Å²) in [5.74, 6) is -1.06. The van der Waals surface area contributed by atoms with Gasteiger partial charge in [0.25, 0.3) is 0 Å². The van der Waals surface area contributed by atoms with Gasteiger partial charge in [-0.05, 0) is 6.07 Å². The van der Waals surface area contributed by atoms with Crippen LogP contribution in [-0.2, 0) is 19.0 Å². The molecule has 0 saturated heterocycles. The summed E-state index contributed by atoms with van der Waals surface area (Å²) in [4.78, 5) is 11.2. The van der Waals surface area contributed by atoms with Gasteiger partial charge in [0.2, 0.25) is 0 Å². The second kappa shape index (κ2) is 4.49. The summed E-state index contributed by atoms with van der Waals surface area (Å²) in [7, 11) is 1.83. The minimum Gasteiger partial charge on any atom is -0.476 e. The first kappa shape index (κ1) is 13.3. The minimum atomic E-state index is -1.06. The predicted octanol–water partition coefficient (Wildman–Crippen LogP) is 1.06. The third-order valence-corrected chi connectivity index (χ3v) is 2.73. The number of carbonyl (C=O) groups is 1. The SMILES string of the molecule is Cn1ccc(Cn2nnc(C(=O)O)c2C(C)(C)C)n1. The molecule has 102 valence electrons. The number of aryl methyl sites for hydroxylation is 1. The molecule has 7 nitrogen and oxygen atoms in total. The van der Waals surface area contributed by atoms with Gasteiger partial charge in [-0.3, -0.25) is 4.68 Å². The van der Waals surface area contributed by atoms with E-state index in [2.05, 4.69) is 15.4 Å². The van der Waals surface area contributed by atoms with Gasteiger partial charge < -0.3 is 5.11 Å². The maximum Gasteiger partial charge on any atom is 0.358 e. The van der Waals surface area contributed by atoms with E-state index in [-0.39, 0.29) is 11.1 Å². The van der Waals surface area contributed by atoms with Crippen LogP contribution >= 0.6 is 0 Å². The maximum absolute atomic E-state index is 11.2. The van der Waals surface area contributed by atoms with Gasteiger partial charge in [0.05, 0.1) is 17.9 Å². The number of aromatic carboxylic acids is 1. The fourth-order valence-corrected chi connectivity index (χ4v) is 2.01. The molecule has 2 aromatic rings. The van der Waals surface area contributed by atoms with E-state index in [0.29, 0.717) is 12.2 Å². The van der Waals surface area contributed by atoms with Gasteiger partial charge in [-0.1, -0.05) is 26.0 Å². The third kappa shape index (κ3) is 2.64. The Hall–Kier alpha value is -2.18. The summed E-state index contributed by atoms with van der Waals surface area (Å²) < 4.78 is 3.30. The Morgan fingerprint density at radius 3 is 2.58 bits per heavy atom. The van der Waals surface area contributed by atoms with Gasteiger partial charge in [-0.2, -0.15) is 5.10 Å². The van der Waals surface area contributed by atoms with Crippen molar-refractivity contribution < 1.29 is 9.90 Å². The number of rotatable bonds is 3. The molecule has 2 rings (SSSR count). The quantitative estimate of drug-likeness (QED) is 0.894. The Morgan fingerprint density at radius 1 is 1.42 bits per heavy atom. The first-order valence-corrected chi connectivity index (χ1v) is 5.95. The summed E-state index contributed by atoms with van der Waals surface area (Å²) >= 11 is 0. The number of carboxylic acid groups (broad SMARTS) is 1. The summed E-state index contributed by atoms with van der Waals surface area (Å²) in [5, 5.41) is 21.1. The highest BCUT2D eigenvalue weighted by Crippen LogP contribution is 2.25. The smallest absolute Gasteiger partial charge is 0.358 e. The molecule has 0 fully saturated rings. The molecule has 1 N–H and O–H groups in total.